The molecule has 1 saturated carbocycles. The molecule has 3 aliphatic carbocycles. The molecule has 0 spiro atoms. The van der Waals surface area contributed by atoms with Crippen molar-refractivity contribution in [2.75, 3.05) is 7.11 Å². The Hall–Kier alpha value is -2.09. The minimum atomic E-state index is -0.442. The van der Waals surface area contributed by atoms with Crippen LogP contribution in [0.15, 0.2) is 42.5 Å². The maximum absolute atomic E-state index is 13.6. The van der Waals surface area contributed by atoms with Gasteiger partial charge in [0.15, 0.2) is 5.78 Å². The summed E-state index contributed by atoms with van der Waals surface area (Å²) in [6.07, 6.45) is 0. The van der Waals surface area contributed by atoms with Gasteiger partial charge in [0.1, 0.15) is 5.75 Å². The number of ketones is 1. The van der Waals surface area contributed by atoms with Crippen molar-refractivity contribution >= 4 is 5.78 Å². The van der Waals surface area contributed by atoms with Gasteiger partial charge < -0.3 is 4.74 Å². The van der Waals surface area contributed by atoms with E-state index in [2.05, 4.69) is 45.0 Å². The highest BCUT2D eigenvalue weighted by molar-refractivity contribution is 6.11. The van der Waals surface area contributed by atoms with E-state index in [1.807, 2.05) is 18.2 Å². The van der Waals surface area contributed by atoms with Crippen molar-refractivity contribution in [2.24, 2.45) is 5.41 Å². The number of benzene rings is 2. The van der Waals surface area contributed by atoms with Gasteiger partial charge in [0.05, 0.1) is 12.5 Å². The van der Waals surface area contributed by atoms with E-state index in [1.165, 1.54) is 11.1 Å². The van der Waals surface area contributed by atoms with E-state index in [0.29, 0.717) is 5.92 Å². The van der Waals surface area contributed by atoms with Gasteiger partial charge in [-0.1, -0.05) is 50.2 Å². The number of hydrogen-bond donors (Lipinski definition) is 0. The summed E-state index contributed by atoms with van der Waals surface area (Å²) < 4.78 is 5.64. The lowest BCUT2D eigenvalue weighted by molar-refractivity contribution is 0.0792. The highest BCUT2D eigenvalue weighted by Crippen LogP contribution is 2.87. The number of rotatable bonds is 1. The van der Waals surface area contributed by atoms with E-state index in [1.54, 1.807) is 7.11 Å². The van der Waals surface area contributed by atoms with Gasteiger partial charge in [0, 0.05) is 27.9 Å². The lowest BCUT2D eigenvalue weighted by Gasteiger charge is -2.43. The van der Waals surface area contributed by atoms with Gasteiger partial charge in [0.25, 0.3) is 0 Å². The van der Waals surface area contributed by atoms with Crippen LogP contribution in [0.2, 0.25) is 0 Å². The van der Waals surface area contributed by atoms with Gasteiger partial charge in [0.2, 0.25) is 0 Å². The lowest BCUT2D eigenvalue weighted by Crippen LogP contribution is -2.47. The Labute approximate surface area is 136 Å². The van der Waals surface area contributed by atoms with E-state index >= 15 is 0 Å². The number of fused-ring (bicyclic) bond motifs is 6. The molecule has 1 fully saturated rings. The normalized spacial score (nSPS) is 38.6. The molecule has 0 aromatic heterocycles. The summed E-state index contributed by atoms with van der Waals surface area (Å²) in [5.74, 6) is 1.49. The smallest absolute Gasteiger partial charge is 0.174 e. The fourth-order valence-electron chi connectivity index (χ4n) is 6.17. The number of ether oxygens (including phenoxy) is 1. The Balaban J connectivity index is 1.93. The Kier molecular flexibility index (Phi) is 2.05. The highest BCUT2D eigenvalue weighted by Gasteiger charge is 2.86. The zero-order chi connectivity index (χ0) is 16.2. The van der Waals surface area contributed by atoms with Crippen LogP contribution in [0.1, 0.15) is 53.7 Å². The molecule has 0 heterocycles. The largest absolute Gasteiger partial charge is 0.496 e. The van der Waals surface area contributed by atoms with Crippen LogP contribution in [0.5, 0.6) is 5.75 Å². The molecular weight excluding hydrogens is 284 g/mol. The first kappa shape index (κ1) is 13.4. The molecule has 2 nitrogen and oxygen atoms in total. The molecule has 2 aromatic carbocycles. The molecule has 5 rings (SSSR count). The predicted octanol–water partition coefficient (Wildman–Crippen LogP) is 4.22. The van der Waals surface area contributed by atoms with Crippen molar-refractivity contribution < 1.29 is 9.53 Å². The summed E-state index contributed by atoms with van der Waals surface area (Å²) in [5.41, 5.74) is 4.00. The number of carbonyl (C=O) groups excluding carboxylic acids is 1. The van der Waals surface area contributed by atoms with Gasteiger partial charge in [-0.2, -0.15) is 0 Å². The van der Waals surface area contributed by atoms with Crippen LogP contribution in [0.3, 0.4) is 0 Å². The van der Waals surface area contributed by atoms with Crippen LogP contribution < -0.4 is 4.74 Å². The van der Waals surface area contributed by atoms with Crippen LogP contribution in [-0.4, -0.2) is 12.9 Å². The third-order valence-electron chi connectivity index (χ3n) is 7.46. The molecule has 0 bridgehead atoms. The summed E-state index contributed by atoms with van der Waals surface area (Å²) in [7, 11) is 1.70. The van der Waals surface area contributed by atoms with E-state index in [0.717, 1.165) is 16.9 Å². The van der Waals surface area contributed by atoms with Gasteiger partial charge in [-0.25, -0.2) is 0 Å². The van der Waals surface area contributed by atoms with Crippen LogP contribution in [0, 0.1) is 5.41 Å². The molecule has 23 heavy (non-hydrogen) atoms. The van der Waals surface area contributed by atoms with Gasteiger partial charge >= 0.3 is 0 Å². The van der Waals surface area contributed by atoms with Crippen molar-refractivity contribution in [1.29, 1.82) is 0 Å². The number of carbonyl (C=O) groups is 1. The van der Waals surface area contributed by atoms with E-state index in [9.17, 15) is 4.79 Å². The molecular formula is C21H20O2. The molecule has 0 radical (unpaired) electrons. The monoisotopic (exact) mass is 304 g/mol. The standard InChI is InChI=1S/C21H20O2/c1-19-14-10-6-5-8-12(14)17-20(2,21(17,19)3)16-13(18(19)22)9-7-11-15(16)23-4/h5-11,17H,1-4H3. The number of methoxy groups -OCH3 is 1. The Bertz CT molecular complexity index is 898. The van der Waals surface area contributed by atoms with Gasteiger partial charge in [-0.15, -0.1) is 0 Å². The maximum Gasteiger partial charge on any atom is 0.174 e. The molecule has 2 aromatic rings. The Morgan fingerprint density at radius 3 is 2.48 bits per heavy atom. The zero-order valence-electron chi connectivity index (χ0n) is 13.9. The molecule has 0 aliphatic heterocycles. The average Bonchev–Trinajstić information content (AvgIpc) is 3.01. The molecule has 4 unspecified atom stereocenters. The van der Waals surface area contributed by atoms with Crippen molar-refractivity contribution in [3.8, 4) is 5.75 Å². The van der Waals surface area contributed by atoms with Crippen molar-refractivity contribution in [3.63, 3.8) is 0 Å². The first-order chi connectivity index (χ1) is 10.9. The fourth-order valence-corrected chi connectivity index (χ4v) is 6.17. The minimum absolute atomic E-state index is 0.0358. The lowest BCUT2D eigenvalue weighted by atomic mass is 9.58. The quantitative estimate of drug-likeness (QED) is 0.788. The molecule has 2 heteroatoms. The van der Waals surface area contributed by atoms with Crippen molar-refractivity contribution in [3.05, 3.63) is 64.7 Å². The van der Waals surface area contributed by atoms with Crippen LogP contribution in [0.25, 0.3) is 0 Å². The first-order valence-corrected chi connectivity index (χ1v) is 8.25. The van der Waals surface area contributed by atoms with Crippen LogP contribution in [-0.2, 0) is 10.8 Å². The summed E-state index contributed by atoms with van der Waals surface area (Å²) in [6.45, 7) is 6.77. The molecule has 0 N–H and O–H groups in total. The summed E-state index contributed by atoms with van der Waals surface area (Å²) >= 11 is 0. The van der Waals surface area contributed by atoms with Crippen LogP contribution in [0.4, 0.5) is 0 Å². The predicted molar refractivity (Wildman–Crippen MR) is 89.3 cm³/mol. The first-order valence-electron chi connectivity index (χ1n) is 8.25. The Morgan fingerprint density at radius 2 is 1.74 bits per heavy atom. The van der Waals surface area contributed by atoms with Crippen molar-refractivity contribution in [1.82, 2.24) is 0 Å². The van der Waals surface area contributed by atoms with Gasteiger partial charge in [-0.3, -0.25) is 4.79 Å². The van der Waals surface area contributed by atoms with E-state index in [4.69, 9.17) is 4.74 Å². The van der Waals surface area contributed by atoms with Crippen molar-refractivity contribution in [2.45, 2.75) is 37.5 Å². The fraction of sp³-hybridized carbons (Fsp3) is 0.381. The average molecular weight is 304 g/mol. The molecule has 116 valence electrons. The Morgan fingerprint density at radius 1 is 1.00 bits per heavy atom. The molecule has 3 aliphatic rings. The molecule has 4 atom stereocenters. The SMILES string of the molecule is COc1cccc2c1C1(C)C3c4ccccc4C(C)(C2=O)C31C. The topological polar surface area (TPSA) is 26.3 Å². The second-order valence-electron chi connectivity index (χ2n) is 7.76. The summed E-state index contributed by atoms with van der Waals surface area (Å²) in [5, 5.41) is 0. The number of Topliss-reactive ketones (excluding diaryl/α,β-unsaturated/α-hetero) is 1. The minimum Gasteiger partial charge on any atom is -0.496 e. The summed E-state index contributed by atoms with van der Waals surface area (Å²) in [6, 6.07) is 14.4. The maximum atomic E-state index is 13.6. The summed E-state index contributed by atoms with van der Waals surface area (Å²) in [4.78, 5) is 13.6. The second-order valence-corrected chi connectivity index (χ2v) is 7.76. The molecule has 0 amide bonds. The second kappa shape index (κ2) is 3.53. The third-order valence-corrected chi connectivity index (χ3v) is 7.46. The van der Waals surface area contributed by atoms with E-state index in [-0.39, 0.29) is 16.6 Å². The number of hydrogen-bond acceptors (Lipinski definition) is 2. The zero-order valence-corrected chi connectivity index (χ0v) is 13.9. The molecule has 0 saturated heterocycles. The highest BCUT2D eigenvalue weighted by atomic mass is 16.5. The third kappa shape index (κ3) is 1.03. The van der Waals surface area contributed by atoms with Gasteiger partial charge in [-0.05, 0) is 24.1 Å². The van der Waals surface area contributed by atoms with E-state index < -0.39 is 5.41 Å². The van der Waals surface area contributed by atoms with Crippen LogP contribution >= 0.6 is 0 Å².